The fourth-order valence-corrected chi connectivity index (χ4v) is 3.13. The monoisotopic (exact) mass is 519 g/mol. The van der Waals surface area contributed by atoms with E-state index in [9.17, 15) is 9.90 Å². The van der Waals surface area contributed by atoms with Gasteiger partial charge in [0.15, 0.2) is 17.5 Å². The van der Waals surface area contributed by atoms with E-state index >= 15 is 0 Å². The summed E-state index contributed by atoms with van der Waals surface area (Å²) in [5.74, 6) is 1.46. The smallest absolute Gasteiger partial charge is 0.234 e. The van der Waals surface area contributed by atoms with Crippen LogP contribution in [0.2, 0.25) is 0 Å². The number of amides is 1. The van der Waals surface area contributed by atoms with Crippen LogP contribution in [0.5, 0.6) is 11.5 Å². The molecule has 0 spiro atoms. The van der Waals surface area contributed by atoms with Crippen molar-refractivity contribution in [3.8, 4) is 11.5 Å². The standard InChI is InChI=1S/C20H33N5O3.HI/c1-5-21-20(22-13-16-7-6-8-17(28-4)19(16)27)25-11-9-24(10-12-25)14-18(26)23-15(2)3;/h6-8,15,27H,5,9-14H2,1-4H3,(H,21,22)(H,23,26);1H. The van der Waals surface area contributed by atoms with E-state index in [0.29, 0.717) is 18.8 Å². The molecule has 0 aliphatic carbocycles. The van der Waals surface area contributed by atoms with Gasteiger partial charge in [-0.1, -0.05) is 12.1 Å². The van der Waals surface area contributed by atoms with Crippen LogP contribution in [-0.4, -0.2) is 79.2 Å². The summed E-state index contributed by atoms with van der Waals surface area (Å²) in [5, 5.41) is 16.5. The number of carbonyl (C=O) groups excluding carboxylic acids is 1. The molecule has 0 radical (unpaired) electrons. The number of hydrogen-bond acceptors (Lipinski definition) is 5. The SMILES string of the molecule is CCNC(=NCc1cccc(OC)c1O)N1CCN(CC(=O)NC(C)C)CC1.I. The molecule has 1 heterocycles. The molecular formula is C20H34IN5O3. The van der Waals surface area contributed by atoms with E-state index in [2.05, 4.69) is 25.4 Å². The Morgan fingerprint density at radius 1 is 1.28 bits per heavy atom. The highest BCUT2D eigenvalue weighted by molar-refractivity contribution is 14.0. The molecule has 0 atom stereocenters. The number of aromatic hydroxyl groups is 1. The van der Waals surface area contributed by atoms with Crippen LogP contribution in [-0.2, 0) is 11.3 Å². The molecule has 29 heavy (non-hydrogen) atoms. The Balaban J connectivity index is 0.00000420. The zero-order valence-electron chi connectivity index (χ0n) is 17.8. The van der Waals surface area contributed by atoms with Gasteiger partial charge in [-0.25, -0.2) is 4.99 Å². The number of para-hydroxylation sites is 1. The minimum absolute atomic E-state index is 0. The van der Waals surface area contributed by atoms with Gasteiger partial charge in [0.1, 0.15) is 0 Å². The maximum absolute atomic E-state index is 11.9. The number of halogens is 1. The van der Waals surface area contributed by atoms with Crippen LogP contribution in [0.25, 0.3) is 0 Å². The Bertz CT molecular complexity index is 676. The van der Waals surface area contributed by atoms with Crippen molar-refractivity contribution in [3.63, 3.8) is 0 Å². The first kappa shape index (κ1) is 25.3. The lowest BCUT2D eigenvalue weighted by Crippen LogP contribution is -2.54. The van der Waals surface area contributed by atoms with Gasteiger partial charge >= 0.3 is 0 Å². The van der Waals surface area contributed by atoms with Gasteiger partial charge < -0.3 is 25.4 Å². The first-order chi connectivity index (χ1) is 13.4. The van der Waals surface area contributed by atoms with E-state index in [-0.39, 0.29) is 41.7 Å². The average Bonchev–Trinajstić information content (AvgIpc) is 2.66. The van der Waals surface area contributed by atoms with Crippen molar-refractivity contribution in [1.29, 1.82) is 0 Å². The molecule has 1 aliphatic rings. The fourth-order valence-electron chi connectivity index (χ4n) is 3.13. The normalized spacial score (nSPS) is 15.1. The second kappa shape index (κ2) is 12.7. The molecule has 0 unspecified atom stereocenters. The molecule has 1 fully saturated rings. The lowest BCUT2D eigenvalue weighted by molar-refractivity contribution is -0.123. The van der Waals surface area contributed by atoms with Crippen LogP contribution in [0, 0.1) is 0 Å². The first-order valence-electron chi connectivity index (χ1n) is 9.84. The van der Waals surface area contributed by atoms with Crippen LogP contribution < -0.4 is 15.4 Å². The highest BCUT2D eigenvalue weighted by atomic mass is 127. The van der Waals surface area contributed by atoms with E-state index in [1.165, 1.54) is 7.11 Å². The topological polar surface area (TPSA) is 89.4 Å². The maximum atomic E-state index is 11.9. The molecule has 1 saturated heterocycles. The van der Waals surface area contributed by atoms with Gasteiger partial charge in [0, 0.05) is 44.3 Å². The number of hydrogen-bond donors (Lipinski definition) is 3. The predicted molar refractivity (Wildman–Crippen MR) is 126 cm³/mol. The predicted octanol–water partition coefficient (Wildman–Crippen LogP) is 1.63. The van der Waals surface area contributed by atoms with E-state index in [1.807, 2.05) is 32.9 Å². The molecular weight excluding hydrogens is 485 g/mol. The van der Waals surface area contributed by atoms with Gasteiger partial charge in [-0.15, -0.1) is 24.0 Å². The molecule has 1 aromatic carbocycles. The molecule has 2 rings (SSSR count). The number of carbonyl (C=O) groups is 1. The third-order valence-electron chi connectivity index (χ3n) is 4.53. The van der Waals surface area contributed by atoms with Crippen molar-refractivity contribution in [2.75, 3.05) is 46.4 Å². The number of ether oxygens (including phenoxy) is 1. The number of methoxy groups -OCH3 is 1. The van der Waals surface area contributed by atoms with Gasteiger partial charge in [-0.05, 0) is 26.8 Å². The number of nitrogens with one attached hydrogen (secondary N) is 2. The van der Waals surface area contributed by atoms with Gasteiger partial charge in [0.05, 0.1) is 20.2 Å². The number of phenolic OH excluding ortho intramolecular Hbond substituents is 1. The Labute approximate surface area is 190 Å². The Kier molecular flexibility index (Phi) is 11.1. The Morgan fingerprint density at radius 2 is 1.97 bits per heavy atom. The molecule has 3 N–H and O–H groups in total. The van der Waals surface area contributed by atoms with E-state index in [0.717, 1.165) is 44.2 Å². The summed E-state index contributed by atoms with van der Waals surface area (Å²) in [6.07, 6.45) is 0. The summed E-state index contributed by atoms with van der Waals surface area (Å²) < 4.78 is 5.16. The largest absolute Gasteiger partial charge is 0.504 e. The van der Waals surface area contributed by atoms with Crippen LogP contribution >= 0.6 is 24.0 Å². The quantitative estimate of drug-likeness (QED) is 0.289. The average molecular weight is 519 g/mol. The van der Waals surface area contributed by atoms with Gasteiger partial charge in [-0.2, -0.15) is 0 Å². The van der Waals surface area contributed by atoms with Crippen molar-refractivity contribution in [3.05, 3.63) is 23.8 Å². The second-order valence-corrected chi connectivity index (χ2v) is 7.12. The van der Waals surface area contributed by atoms with Gasteiger partial charge in [0.2, 0.25) is 5.91 Å². The summed E-state index contributed by atoms with van der Waals surface area (Å²) in [5.41, 5.74) is 0.721. The number of aliphatic imine (C=N–C) groups is 1. The van der Waals surface area contributed by atoms with Gasteiger partial charge in [0.25, 0.3) is 0 Å². The minimum atomic E-state index is 0. The highest BCUT2D eigenvalue weighted by Crippen LogP contribution is 2.29. The Hall–Kier alpha value is -1.75. The molecule has 1 amide bonds. The first-order valence-corrected chi connectivity index (χ1v) is 9.84. The van der Waals surface area contributed by atoms with Crippen LogP contribution in [0.3, 0.4) is 0 Å². The number of phenols is 1. The zero-order chi connectivity index (χ0) is 20.5. The van der Waals surface area contributed by atoms with E-state index < -0.39 is 0 Å². The highest BCUT2D eigenvalue weighted by Gasteiger charge is 2.21. The van der Waals surface area contributed by atoms with Crippen LogP contribution in [0.1, 0.15) is 26.3 Å². The van der Waals surface area contributed by atoms with E-state index in [1.54, 1.807) is 6.07 Å². The van der Waals surface area contributed by atoms with Crippen LogP contribution in [0.4, 0.5) is 0 Å². The van der Waals surface area contributed by atoms with Gasteiger partial charge in [-0.3, -0.25) is 9.69 Å². The number of piperazine rings is 1. The van der Waals surface area contributed by atoms with Crippen molar-refractivity contribution in [2.24, 2.45) is 4.99 Å². The summed E-state index contributed by atoms with van der Waals surface area (Å²) in [6.45, 7) is 10.7. The van der Waals surface area contributed by atoms with Crippen molar-refractivity contribution >= 4 is 35.8 Å². The van der Waals surface area contributed by atoms with Crippen molar-refractivity contribution in [1.82, 2.24) is 20.4 Å². The van der Waals surface area contributed by atoms with Crippen LogP contribution in [0.15, 0.2) is 23.2 Å². The fraction of sp³-hybridized carbons (Fsp3) is 0.600. The third kappa shape index (κ3) is 7.88. The molecule has 0 saturated carbocycles. The number of benzene rings is 1. The summed E-state index contributed by atoms with van der Waals surface area (Å²) >= 11 is 0. The molecule has 8 nitrogen and oxygen atoms in total. The summed E-state index contributed by atoms with van der Waals surface area (Å²) in [6, 6.07) is 5.57. The van der Waals surface area contributed by atoms with E-state index in [4.69, 9.17) is 4.74 Å². The second-order valence-electron chi connectivity index (χ2n) is 7.12. The van der Waals surface area contributed by atoms with Crippen molar-refractivity contribution < 1.29 is 14.6 Å². The number of nitrogens with zero attached hydrogens (tertiary/aromatic N) is 3. The van der Waals surface area contributed by atoms with Crippen molar-refractivity contribution in [2.45, 2.75) is 33.4 Å². The lowest BCUT2D eigenvalue weighted by Gasteiger charge is -2.36. The maximum Gasteiger partial charge on any atom is 0.234 e. The Morgan fingerprint density at radius 3 is 2.55 bits per heavy atom. The molecule has 1 aromatic rings. The molecule has 9 heteroatoms. The zero-order valence-corrected chi connectivity index (χ0v) is 20.1. The lowest BCUT2D eigenvalue weighted by atomic mass is 10.2. The molecule has 164 valence electrons. The summed E-state index contributed by atoms with van der Waals surface area (Å²) in [7, 11) is 1.53. The molecule has 1 aliphatic heterocycles. The minimum Gasteiger partial charge on any atom is -0.504 e. The third-order valence-corrected chi connectivity index (χ3v) is 4.53. The molecule has 0 aromatic heterocycles. The summed E-state index contributed by atoms with van der Waals surface area (Å²) in [4.78, 5) is 21.0. The number of rotatable bonds is 7. The molecule has 0 bridgehead atoms. The number of guanidine groups is 1.